The Morgan fingerprint density at radius 3 is 2.13 bits per heavy atom. The minimum absolute atomic E-state index is 0.0565. The van der Waals surface area contributed by atoms with Crippen molar-refractivity contribution in [3.63, 3.8) is 0 Å². The van der Waals surface area contributed by atoms with E-state index in [0.717, 1.165) is 0 Å². The van der Waals surface area contributed by atoms with Crippen LogP contribution in [0.15, 0.2) is 29.4 Å². The SMILES string of the molecule is CC(C)CC(NC(=O)c1ccccc1N=[N+]=[N-])C(=O)Oc1c(F)c(F)c(F)c(F)c1F. The lowest BCUT2D eigenvalue weighted by atomic mass is 10.0. The van der Waals surface area contributed by atoms with Crippen molar-refractivity contribution in [1.29, 1.82) is 0 Å². The number of carbonyl (C=O) groups excluding carboxylic acids is 2. The van der Waals surface area contributed by atoms with Crippen LogP contribution in [0.4, 0.5) is 27.6 Å². The molecule has 31 heavy (non-hydrogen) atoms. The molecule has 1 atom stereocenters. The first-order chi connectivity index (χ1) is 14.6. The number of rotatable bonds is 7. The normalized spacial score (nSPS) is 11.6. The van der Waals surface area contributed by atoms with Gasteiger partial charge in [0.05, 0.1) is 5.69 Å². The maximum absolute atomic E-state index is 13.8. The molecule has 0 heterocycles. The molecule has 0 bridgehead atoms. The van der Waals surface area contributed by atoms with Gasteiger partial charge in [-0.2, -0.15) is 8.78 Å². The Bertz CT molecular complexity index is 1040. The second-order valence-corrected chi connectivity index (χ2v) is 6.68. The number of carbonyl (C=O) groups is 2. The van der Waals surface area contributed by atoms with Crippen molar-refractivity contribution in [2.45, 2.75) is 26.3 Å². The number of nitrogens with one attached hydrogen (secondary N) is 1. The predicted molar refractivity (Wildman–Crippen MR) is 97.8 cm³/mol. The molecule has 0 spiro atoms. The smallest absolute Gasteiger partial charge is 0.334 e. The molecule has 0 aliphatic carbocycles. The van der Waals surface area contributed by atoms with Gasteiger partial charge in [-0.3, -0.25) is 4.79 Å². The lowest BCUT2D eigenvalue weighted by Gasteiger charge is -2.20. The summed E-state index contributed by atoms with van der Waals surface area (Å²) in [5.74, 6) is -16.0. The van der Waals surface area contributed by atoms with E-state index in [1.807, 2.05) is 0 Å². The summed E-state index contributed by atoms with van der Waals surface area (Å²) in [6.07, 6.45) is -0.0936. The Labute approximate surface area is 172 Å². The molecule has 0 fully saturated rings. The highest BCUT2D eigenvalue weighted by molar-refractivity contribution is 6.00. The number of esters is 1. The molecule has 2 aromatic carbocycles. The largest absolute Gasteiger partial charge is 0.418 e. The molecule has 0 saturated heterocycles. The summed E-state index contributed by atoms with van der Waals surface area (Å²) in [4.78, 5) is 27.6. The van der Waals surface area contributed by atoms with Crippen molar-refractivity contribution in [3.8, 4) is 5.75 Å². The molecule has 0 radical (unpaired) electrons. The van der Waals surface area contributed by atoms with Gasteiger partial charge in [-0.05, 0) is 23.9 Å². The van der Waals surface area contributed by atoms with Crippen molar-refractivity contribution >= 4 is 17.6 Å². The van der Waals surface area contributed by atoms with Crippen LogP contribution in [-0.4, -0.2) is 17.9 Å². The second-order valence-electron chi connectivity index (χ2n) is 6.68. The lowest BCUT2D eigenvalue weighted by Crippen LogP contribution is -2.44. The van der Waals surface area contributed by atoms with E-state index >= 15 is 0 Å². The Morgan fingerprint density at radius 2 is 1.58 bits per heavy atom. The van der Waals surface area contributed by atoms with Crippen LogP contribution >= 0.6 is 0 Å². The number of hydrogen-bond donors (Lipinski definition) is 1. The van der Waals surface area contributed by atoms with E-state index in [2.05, 4.69) is 20.1 Å². The highest BCUT2D eigenvalue weighted by Gasteiger charge is 2.32. The number of azide groups is 1. The van der Waals surface area contributed by atoms with E-state index in [4.69, 9.17) is 5.53 Å². The van der Waals surface area contributed by atoms with Gasteiger partial charge in [-0.15, -0.1) is 0 Å². The standard InChI is InChI=1S/C19H15F5N4O3/c1-8(2)7-11(26-18(29)9-5-3-4-6-10(9)27-28-25)19(30)31-17-15(23)13(21)12(20)14(22)16(17)24/h3-6,8,11H,7H2,1-2H3,(H,26,29). The third-order valence-corrected chi connectivity index (χ3v) is 3.97. The molecule has 7 nitrogen and oxygen atoms in total. The molecule has 1 amide bonds. The third kappa shape index (κ3) is 5.28. The van der Waals surface area contributed by atoms with Crippen LogP contribution in [-0.2, 0) is 4.79 Å². The fraction of sp³-hybridized carbons (Fsp3) is 0.263. The summed E-state index contributed by atoms with van der Waals surface area (Å²) in [7, 11) is 0. The monoisotopic (exact) mass is 442 g/mol. The zero-order valence-electron chi connectivity index (χ0n) is 16.1. The molecular formula is C19H15F5N4O3. The van der Waals surface area contributed by atoms with Crippen LogP contribution in [0.1, 0.15) is 30.6 Å². The van der Waals surface area contributed by atoms with Gasteiger partial charge in [0.2, 0.25) is 34.8 Å². The van der Waals surface area contributed by atoms with Crippen LogP contribution in [0.3, 0.4) is 0 Å². The van der Waals surface area contributed by atoms with Gasteiger partial charge in [-0.25, -0.2) is 18.0 Å². The van der Waals surface area contributed by atoms with Gasteiger partial charge in [-0.1, -0.05) is 37.2 Å². The Hall–Kier alpha value is -3.66. The number of nitrogens with zero attached hydrogens (tertiary/aromatic N) is 3. The minimum atomic E-state index is -2.41. The van der Waals surface area contributed by atoms with E-state index < -0.39 is 52.8 Å². The summed E-state index contributed by atoms with van der Waals surface area (Å²) >= 11 is 0. The average Bonchev–Trinajstić information content (AvgIpc) is 2.73. The maximum Gasteiger partial charge on any atom is 0.334 e. The first kappa shape index (κ1) is 23.6. The van der Waals surface area contributed by atoms with E-state index in [0.29, 0.717) is 0 Å². The summed E-state index contributed by atoms with van der Waals surface area (Å²) in [5, 5.41) is 5.60. The van der Waals surface area contributed by atoms with Crippen molar-refractivity contribution in [3.05, 3.63) is 69.4 Å². The Balaban J connectivity index is 2.35. The molecule has 12 heteroatoms. The highest BCUT2D eigenvalue weighted by Crippen LogP contribution is 2.29. The first-order valence-electron chi connectivity index (χ1n) is 8.76. The number of amides is 1. The maximum atomic E-state index is 13.8. The zero-order valence-corrected chi connectivity index (χ0v) is 16.1. The van der Waals surface area contributed by atoms with E-state index in [1.54, 1.807) is 13.8 Å². The van der Waals surface area contributed by atoms with Crippen molar-refractivity contribution in [2.75, 3.05) is 0 Å². The lowest BCUT2D eigenvalue weighted by molar-refractivity contribution is -0.137. The molecule has 1 N–H and O–H groups in total. The van der Waals surface area contributed by atoms with E-state index in [-0.39, 0.29) is 23.6 Å². The van der Waals surface area contributed by atoms with Crippen LogP contribution in [0, 0.1) is 35.0 Å². The predicted octanol–water partition coefficient (Wildman–Crippen LogP) is 5.07. The number of hydrogen-bond acceptors (Lipinski definition) is 4. The number of halogens is 5. The van der Waals surface area contributed by atoms with Gasteiger partial charge >= 0.3 is 5.97 Å². The fourth-order valence-electron chi connectivity index (χ4n) is 2.57. The fourth-order valence-corrected chi connectivity index (χ4v) is 2.57. The molecule has 1 unspecified atom stereocenters. The molecular weight excluding hydrogens is 427 g/mol. The van der Waals surface area contributed by atoms with Crippen LogP contribution in [0.5, 0.6) is 5.75 Å². The Morgan fingerprint density at radius 1 is 1.03 bits per heavy atom. The van der Waals surface area contributed by atoms with Crippen molar-refractivity contribution < 1.29 is 36.3 Å². The van der Waals surface area contributed by atoms with E-state index in [1.165, 1.54) is 24.3 Å². The summed E-state index contributed by atoms with van der Waals surface area (Å²) in [6, 6.07) is 4.06. The number of ether oxygens (including phenoxy) is 1. The molecule has 0 aliphatic rings. The zero-order chi connectivity index (χ0) is 23.3. The van der Waals surface area contributed by atoms with Crippen LogP contribution in [0.2, 0.25) is 0 Å². The van der Waals surface area contributed by atoms with Gasteiger partial charge in [0.25, 0.3) is 5.91 Å². The molecule has 2 aromatic rings. The Kier molecular flexibility index (Phi) is 7.54. The van der Waals surface area contributed by atoms with Crippen LogP contribution < -0.4 is 10.1 Å². The van der Waals surface area contributed by atoms with Gasteiger partial charge in [0, 0.05) is 10.5 Å². The molecule has 0 aromatic heterocycles. The minimum Gasteiger partial charge on any atom is -0.418 e. The first-order valence-corrected chi connectivity index (χ1v) is 8.76. The molecule has 0 aliphatic heterocycles. The average molecular weight is 442 g/mol. The quantitative estimate of drug-likeness (QED) is 0.0946. The van der Waals surface area contributed by atoms with Crippen molar-refractivity contribution in [1.82, 2.24) is 5.32 Å². The molecule has 0 saturated carbocycles. The molecule has 2 rings (SSSR count). The third-order valence-electron chi connectivity index (χ3n) is 3.97. The van der Waals surface area contributed by atoms with E-state index in [9.17, 15) is 31.5 Å². The van der Waals surface area contributed by atoms with Crippen molar-refractivity contribution in [2.24, 2.45) is 11.0 Å². The highest BCUT2D eigenvalue weighted by atomic mass is 19.2. The van der Waals surface area contributed by atoms with Gasteiger partial charge in [0.15, 0.2) is 0 Å². The van der Waals surface area contributed by atoms with Gasteiger partial charge < -0.3 is 10.1 Å². The molecule has 164 valence electrons. The second kappa shape index (κ2) is 9.90. The van der Waals surface area contributed by atoms with Gasteiger partial charge in [0.1, 0.15) is 6.04 Å². The van der Waals surface area contributed by atoms with Crippen LogP contribution in [0.25, 0.3) is 10.4 Å². The number of benzene rings is 2. The summed E-state index contributed by atoms with van der Waals surface area (Å²) in [5.41, 5.74) is 8.42. The summed E-state index contributed by atoms with van der Waals surface area (Å²) < 4.78 is 72.0. The topological polar surface area (TPSA) is 104 Å². The summed E-state index contributed by atoms with van der Waals surface area (Å²) in [6.45, 7) is 3.30.